The number of hydrogen-bond donors (Lipinski definition) is 0. The van der Waals surface area contributed by atoms with Crippen molar-refractivity contribution in [3.8, 4) is 0 Å². The van der Waals surface area contributed by atoms with Crippen LogP contribution in [0.4, 0.5) is 4.79 Å². The molecule has 1 rings (SSSR count). The quantitative estimate of drug-likeness (QED) is 0.481. The molecule has 26 heavy (non-hydrogen) atoms. The molecule has 0 N–H and O–H groups in total. The fourth-order valence-electron chi connectivity index (χ4n) is 2.27. The average molecular weight is 369 g/mol. The Balaban J connectivity index is 2.11. The highest BCUT2D eigenvalue weighted by atomic mass is 16.7. The third-order valence-electron chi connectivity index (χ3n) is 4.52. The summed E-state index contributed by atoms with van der Waals surface area (Å²) in [5.74, 6) is 1.90. The molecule has 1 aliphatic heterocycles. The lowest BCUT2D eigenvalue weighted by Crippen LogP contribution is -2.41. The molecule has 1 saturated heterocycles. The summed E-state index contributed by atoms with van der Waals surface area (Å²) in [4.78, 5) is 13.4. The van der Waals surface area contributed by atoms with Crippen molar-refractivity contribution in [1.29, 1.82) is 0 Å². The molecular formula is C19H36BNO5. The van der Waals surface area contributed by atoms with Gasteiger partial charge in [0.25, 0.3) is 0 Å². The van der Waals surface area contributed by atoms with Crippen LogP contribution < -0.4 is 0 Å². The van der Waals surface area contributed by atoms with Crippen molar-refractivity contribution in [3.63, 3.8) is 0 Å². The number of hydrogen-bond acceptors (Lipinski definition) is 5. The molecule has 0 spiro atoms. The highest BCUT2D eigenvalue weighted by Gasteiger charge is 2.49. The van der Waals surface area contributed by atoms with E-state index in [1.807, 2.05) is 60.5 Å². The van der Waals surface area contributed by atoms with Crippen molar-refractivity contribution in [1.82, 2.24) is 4.90 Å². The third-order valence-corrected chi connectivity index (χ3v) is 4.52. The summed E-state index contributed by atoms with van der Waals surface area (Å²) in [5.41, 5.74) is -1.09. The van der Waals surface area contributed by atoms with Crippen molar-refractivity contribution >= 4 is 13.2 Å². The lowest BCUT2D eigenvalue weighted by molar-refractivity contribution is 0.00578. The van der Waals surface area contributed by atoms with Gasteiger partial charge in [-0.25, -0.2) is 4.79 Å². The minimum atomic E-state index is -0.460. The van der Waals surface area contributed by atoms with Crippen LogP contribution in [0.5, 0.6) is 0 Å². The van der Waals surface area contributed by atoms with Crippen molar-refractivity contribution in [2.45, 2.75) is 78.1 Å². The second-order valence-electron chi connectivity index (χ2n) is 8.74. The number of ether oxygens (including phenoxy) is 2. The summed E-state index contributed by atoms with van der Waals surface area (Å²) >= 11 is 0. The molecule has 6 nitrogen and oxygen atoms in total. The van der Waals surface area contributed by atoms with Gasteiger partial charge in [-0.15, -0.1) is 0 Å². The van der Waals surface area contributed by atoms with E-state index in [4.69, 9.17) is 18.8 Å². The molecule has 0 aromatic heterocycles. The van der Waals surface area contributed by atoms with E-state index in [2.05, 4.69) is 0 Å². The van der Waals surface area contributed by atoms with E-state index in [9.17, 15) is 4.79 Å². The fraction of sp³-hybridized carbons (Fsp3) is 0.842. The maximum atomic E-state index is 11.8. The molecule has 1 aliphatic rings. The summed E-state index contributed by atoms with van der Waals surface area (Å²) in [7, 11) is 1.42. The van der Waals surface area contributed by atoms with Gasteiger partial charge in [0.15, 0.2) is 0 Å². The van der Waals surface area contributed by atoms with Crippen molar-refractivity contribution in [2.24, 2.45) is 0 Å². The minimum absolute atomic E-state index is 0.288. The van der Waals surface area contributed by atoms with Gasteiger partial charge in [-0.3, -0.25) is 0 Å². The van der Waals surface area contributed by atoms with Crippen LogP contribution in [0.3, 0.4) is 0 Å². The predicted molar refractivity (Wildman–Crippen MR) is 104 cm³/mol. The van der Waals surface area contributed by atoms with Gasteiger partial charge in [0.1, 0.15) is 5.60 Å². The van der Waals surface area contributed by atoms with E-state index in [1.165, 1.54) is 0 Å². The molecule has 0 aromatic carbocycles. The Morgan fingerprint density at radius 3 is 2.23 bits per heavy atom. The third kappa shape index (κ3) is 7.68. The largest absolute Gasteiger partial charge is 0.486 e. The summed E-state index contributed by atoms with van der Waals surface area (Å²) in [6.07, 6.45) is 3.40. The van der Waals surface area contributed by atoms with E-state index in [-0.39, 0.29) is 24.4 Å². The van der Waals surface area contributed by atoms with Gasteiger partial charge in [0.05, 0.1) is 17.8 Å². The number of carbonyl (C=O) groups excluding carboxylic acids is 1. The molecule has 150 valence electrons. The Hall–Kier alpha value is -1.05. The van der Waals surface area contributed by atoms with Gasteiger partial charge in [-0.05, 0) is 61.3 Å². The van der Waals surface area contributed by atoms with Crippen LogP contribution in [0.25, 0.3) is 0 Å². The first-order chi connectivity index (χ1) is 11.8. The molecule has 0 radical (unpaired) electrons. The first-order valence-corrected chi connectivity index (χ1v) is 9.38. The van der Waals surface area contributed by atoms with E-state index in [0.29, 0.717) is 19.8 Å². The molecule has 0 bridgehead atoms. The van der Waals surface area contributed by atoms with Gasteiger partial charge >= 0.3 is 13.2 Å². The first kappa shape index (κ1) is 23.0. The van der Waals surface area contributed by atoms with Gasteiger partial charge in [-0.1, -0.05) is 12.1 Å². The Morgan fingerprint density at radius 1 is 1.12 bits per heavy atom. The van der Waals surface area contributed by atoms with Crippen LogP contribution >= 0.6 is 0 Å². The molecule has 1 amide bonds. The van der Waals surface area contributed by atoms with E-state index in [1.54, 1.807) is 11.9 Å². The number of rotatable bonds is 8. The van der Waals surface area contributed by atoms with Crippen LogP contribution in [0.2, 0.25) is 0 Å². The zero-order valence-electron chi connectivity index (χ0n) is 17.8. The van der Waals surface area contributed by atoms with Crippen molar-refractivity contribution in [2.75, 3.05) is 26.8 Å². The smallest absolute Gasteiger partial charge is 0.444 e. The highest BCUT2D eigenvalue weighted by Crippen LogP contribution is 2.36. The molecule has 0 aliphatic carbocycles. The van der Waals surface area contributed by atoms with Crippen molar-refractivity contribution < 1.29 is 23.6 Å². The molecule has 1 fully saturated rings. The van der Waals surface area contributed by atoms with Crippen LogP contribution in [-0.4, -0.2) is 61.7 Å². The second-order valence-corrected chi connectivity index (χ2v) is 8.74. The standard InChI is InChI=1S/C19H36BNO5/c1-17(2,3)24-16(22)21(8)13-9-10-14-23-15-11-12-20-25-18(4,5)19(6,7)26-20/h11-12H,9-10,13-15H2,1-8H3. The van der Waals surface area contributed by atoms with Crippen LogP contribution in [0.1, 0.15) is 61.3 Å². The number of nitrogens with zero attached hydrogens (tertiary/aromatic N) is 1. The second kappa shape index (κ2) is 9.24. The Morgan fingerprint density at radius 2 is 1.69 bits per heavy atom. The van der Waals surface area contributed by atoms with Crippen molar-refractivity contribution in [3.05, 3.63) is 12.1 Å². The summed E-state index contributed by atoms with van der Waals surface area (Å²) in [5, 5.41) is 0. The lowest BCUT2D eigenvalue weighted by Gasteiger charge is -2.32. The Kier molecular flexibility index (Phi) is 8.17. The first-order valence-electron chi connectivity index (χ1n) is 9.38. The van der Waals surface area contributed by atoms with Crippen LogP contribution in [0, 0.1) is 0 Å². The molecule has 1 heterocycles. The maximum Gasteiger partial charge on any atom is 0.486 e. The minimum Gasteiger partial charge on any atom is -0.444 e. The molecule has 7 heteroatoms. The SMILES string of the molecule is CN(CCCCOCC=CB1OC(C)(C)C(C)(C)O1)C(=O)OC(C)(C)C. The summed E-state index contributed by atoms with van der Waals surface area (Å²) < 4.78 is 22.7. The normalized spacial score (nSPS) is 19.2. The maximum absolute atomic E-state index is 11.8. The van der Waals surface area contributed by atoms with E-state index < -0.39 is 5.60 Å². The zero-order chi connectivity index (χ0) is 20.0. The molecule has 0 unspecified atom stereocenters. The van der Waals surface area contributed by atoms with E-state index in [0.717, 1.165) is 12.8 Å². The lowest BCUT2D eigenvalue weighted by atomic mass is 9.90. The van der Waals surface area contributed by atoms with E-state index >= 15 is 0 Å². The molecular weight excluding hydrogens is 333 g/mol. The number of carbonyl (C=O) groups is 1. The fourth-order valence-corrected chi connectivity index (χ4v) is 2.27. The van der Waals surface area contributed by atoms with Gasteiger partial charge in [-0.2, -0.15) is 0 Å². The monoisotopic (exact) mass is 369 g/mol. The van der Waals surface area contributed by atoms with Gasteiger partial charge < -0.3 is 23.7 Å². The highest BCUT2D eigenvalue weighted by molar-refractivity contribution is 6.51. The summed E-state index contributed by atoms with van der Waals surface area (Å²) in [6.45, 7) is 15.6. The average Bonchev–Trinajstić information content (AvgIpc) is 2.67. The topological polar surface area (TPSA) is 57.2 Å². The molecule has 0 atom stereocenters. The van der Waals surface area contributed by atoms with Crippen LogP contribution in [-0.2, 0) is 18.8 Å². The molecule has 0 aromatic rings. The Labute approximate surface area is 159 Å². The van der Waals surface area contributed by atoms with Gasteiger partial charge in [0, 0.05) is 20.2 Å². The molecule has 0 saturated carbocycles. The predicted octanol–water partition coefficient (Wildman–Crippen LogP) is 3.84. The Bertz CT molecular complexity index is 469. The van der Waals surface area contributed by atoms with Crippen LogP contribution in [0.15, 0.2) is 12.1 Å². The van der Waals surface area contributed by atoms with Gasteiger partial charge in [0.2, 0.25) is 0 Å². The zero-order valence-corrected chi connectivity index (χ0v) is 17.8. The summed E-state index contributed by atoms with van der Waals surface area (Å²) in [6, 6.07) is 0. The number of amides is 1. The number of unbranched alkanes of at least 4 members (excludes halogenated alkanes) is 1.